The van der Waals surface area contributed by atoms with Gasteiger partial charge in [0.2, 0.25) is 0 Å². The number of imidazole rings is 1. The molecular formula is C21H25N5O5. The first-order valence-corrected chi connectivity index (χ1v) is 10.3. The van der Waals surface area contributed by atoms with Crippen LogP contribution in [-0.4, -0.2) is 74.4 Å². The summed E-state index contributed by atoms with van der Waals surface area (Å²) in [6.45, 7) is 1.64. The first-order chi connectivity index (χ1) is 15.2. The van der Waals surface area contributed by atoms with E-state index >= 15 is 0 Å². The summed E-state index contributed by atoms with van der Waals surface area (Å²) >= 11 is 0. The predicted molar refractivity (Wildman–Crippen MR) is 110 cm³/mol. The van der Waals surface area contributed by atoms with Crippen LogP contribution >= 0.6 is 0 Å². The Morgan fingerprint density at radius 1 is 1.16 bits per heavy atom. The number of hydrogen-bond donors (Lipinski definition) is 3. The second-order valence-electron chi connectivity index (χ2n) is 7.86. The van der Waals surface area contributed by atoms with E-state index in [0.29, 0.717) is 36.8 Å². The van der Waals surface area contributed by atoms with Gasteiger partial charge in [-0.2, -0.15) is 0 Å². The van der Waals surface area contributed by atoms with E-state index in [2.05, 4.69) is 20.3 Å². The summed E-state index contributed by atoms with van der Waals surface area (Å²) in [5.41, 5.74) is 0.668. The Morgan fingerprint density at radius 2 is 2.03 bits per heavy atom. The van der Waals surface area contributed by atoms with Crippen LogP contribution in [0.3, 0.4) is 0 Å². The topological polar surface area (TPSA) is 124 Å². The van der Waals surface area contributed by atoms with Crippen LogP contribution in [0.15, 0.2) is 43.0 Å². The highest BCUT2D eigenvalue weighted by Gasteiger charge is 2.52. The maximum Gasteiger partial charge on any atom is 0.199 e. The highest BCUT2D eigenvalue weighted by atomic mass is 16.6. The Morgan fingerprint density at radius 3 is 2.77 bits per heavy atom. The molecule has 4 atom stereocenters. The number of anilines is 1. The fraction of sp³-hybridized carbons (Fsp3) is 0.476. The molecule has 1 unspecified atom stereocenters. The van der Waals surface area contributed by atoms with E-state index < -0.39 is 17.9 Å². The molecule has 0 amide bonds. The summed E-state index contributed by atoms with van der Waals surface area (Å²) in [6, 6.07) is 9.87. The molecule has 0 aliphatic carbocycles. The molecule has 0 saturated carbocycles. The van der Waals surface area contributed by atoms with Crippen LogP contribution in [-0.2, 0) is 26.5 Å². The Labute approximate surface area is 178 Å². The van der Waals surface area contributed by atoms with E-state index in [1.54, 1.807) is 10.9 Å². The first kappa shape index (κ1) is 20.3. The van der Waals surface area contributed by atoms with E-state index in [4.69, 9.17) is 14.2 Å². The molecule has 3 N–H and O–H groups in total. The number of ether oxygens (including phenoxy) is 3. The lowest BCUT2D eigenvalue weighted by Crippen LogP contribution is -2.49. The smallest absolute Gasteiger partial charge is 0.199 e. The molecule has 1 aromatic carbocycles. The minimum absolute atomic E-state index is 0.00874. The van der Waals surface area contributed by atoms with E-state index in [-0.39, 0.29) is 19.3 Å². The SMILES string of the molecule is O[C@@H]1[C@@H](O)CO[C@@]1(COCc1ccccc1)n1cnc2c(NC3CCOC3)ncnc21. The fourth-order valence-corrected chi connectivity index (χ4v) is 4.06. The molecule has 0 bridgehead atoms. The van der Waals surface area contributed by atoms with Gasteiger partial charge < -0.3 is 29.7 Å². The number of nitrogens with one attached hydrogen (secondary N) is 1. The number of aliphatic hydroxyl groups is 2. The van der Waals surface area contributed by atoms with Crippen LogP contribution in [0, 0.1) is 0 Å². The summed E-state index contributed by atoms with van der Waals surface area (Å²) in [5, 5.41) is 24.4. The van der Waals surface area contributed by atoms with Gasteiger partial charge in [-0.3, -0.25) is 4.57 Å². The van der Waals surface area contributed by atoms with Crippen molar-refractivity contribution in [1.29, 1.82) is 0 Å². The molecule has 164 valence electrons. The third-order valence-electron chi connectivity index (χ3n) is 5.76. The van der Waals surface area contributed by atoms with Crippen LogP contribution in [0.5, 0.6) is 0 Å². The monoisotopic (exact) mass is 427 g/mol. The molecule has 4 heterocycles. The van der Waals surface area contributed by atoms with E-state index in [1.165, 1.54) is 6.33 Å². The van der Waals surface area contributed by atoms with Gasteiger partial charge in [-0.1, -0.05) is 30.3 Å². The van der Waals surface area contributed by atoms with Gasteiger partial charge in [0.1, 0.15) is 18.5 Å². The van der Waals surface area contributed by atoms with Crippen molar-refractivity contribution >= 4 is 17.0 Å². The summed E-state index contributed by atoms with van der Waals surface area (Å²) < 4.78 is 18.9. The number of hydrogen-bond acceptors (Lipinski definition) is 9. The first-order valence-electron chi connectivity index (χ1n) is 10.3. The van der Waals surface area contributed by atoms with Crippen LogP contribution in [0.25, 0.3) is 11.2 Å². The fourth-order valence-electron chi connectivity index (χ4n) is 4.06. The Hall–Kier alpha value is -2.63. The van der Waals surface area contributed by atoms with Crippen LogP contribution in [0.1, 0.15) is 12.0 Å². The molecular weight excluding hydrogens is 402 g/mol. The molecule has 10 heteroatoms. The molecule has 5 rings (SSSR count). The Balaban J connectivity index is 1.45. The van der Waals surface area contributed by atoms with Gasteiger partial charge in [0.05, 0.1) is 38.8 Å². The summed E-state index contributed by atoms with van der Waals surface area (Å²) in [6.07, 6.45) is 1.61. The zero-order valence-electron chi connectivity index (χ0n) is 16.9. The van der Waals surface area contributed by atoms with Crippen molar-refractivity contribution in [2.45, 2.75) is 37.0 Å². The van der Waals surface area contributed by atoms with E-state index in [1.807, 2.05) is 30.3 Å². The molecule has 31 heavy (non-hydrogen) atoms. The molecule has 2 fully saturated rings. The summed E-state index contributed by atoms with van der Waals surface area (Å²) in [5.74, 6) is 0.590. The number of aliphatic hydroxyl groups excluding tert-OH is 2. The normalized spacial score (nSPS) is 28.4. The predicted octanol–water partition coefficient (Wildman–Crippen LogP) is 0.649. The van der Waals surface area contributed by atoms with Gasteiger partial charge >= 0.3 is 0 Å². The van der Waals surface area contributed by atoms with Crippen molar-refractivity contribution < 1.29 is 24.4 Å². The number of rotatable bonds is 7. The lowest BCUT2D eigenvalue weighted by molar-refractivity contribution is -0.165. The number of nitrogens with zero attached hydrogens (tertiary/aromatic N) is 4. The van der Waals surface area contributed by atoms with Gasteiger partial charge in [0.15, 0.2) is 22.7 Å². The van der Waals surface area contributed by atoms with Crippen molar-refractivity contribution in [2.24, 2.45) is 0 Å². The van der Waals surface area contributed by atoms with Crippen molar-refractivity contribution in [3.05, 3.63) is 48.5 Å². The molecule has 0 radical (unpaired) electrons. The standard InChI is InChI=1S/C21H25N5O5/c27-16-10-31-21(18(16)28,11-30-8-14-4-2-1-3-5-14)26-13-24-17-19(22-12-23-20(17)26)25-15-6-7-29-9-15/h1-5,12-13,15-16,18,27-28H,6-11H2,(H,22,23,25)/t15?,16-,18+,21+/m0/s1. The molecule has 2 saturated heterocycles. The van der Waals surface area contributed by atoms with Gasteiger partial charge in [0, 0.05) is 6.61 Å². The van der Waals surface area contributed by atoms with Crippen molar-refractivity contribution in [3.8, 4) is 0 Å². The number of aromatic nitrogens is 4. The third-order valence-corrected chi connectivity index (χ3v) is 5.76. The average molecular weight is 427 g/mol. The highest BCUT2D eigenvalue weighted by molar-refractivity contribution is 5.83. The zero-order chi connectivity index (χ0) is 21.3. The number of benzene rings is 1. The minimum Gasteiger partial charge on any atom is -0.388 e. The van der Waals surface area contributed by atoms with Crippen LogP contribution in [0.2, 0.25) is 0 Å². The Kier molecular flexibility index (Phi) is 5.55. The molecule has 3 aromatic rings. The molecule has 0 spiro atoms. The van der Waals surface area contributed by atoms with E-state index in [9.17, 15) is 10.2 Å². The zero-order valence-corrected chi connectivity index (χ0v) is 16.9. The maximum atomic E-state index is 10.9. The van der Waals surface area contributed by atoms with Crippen LogP contribution in [0.4, 0.5) is 5.82 Å². The van der Waals surface area contributed by atoms with Crippen LogP contribution < -0.4 is 5.32 Å². The van der Waals surface area contributed by atoms with Gasteiger partial charge in [-0.05, 0) is 12.0 Å². The molecule has 2 aliphatic heterocycles. The second-order valence-corrected chi connectivity index (χ2v) is 7.86. The largest absolute Gasteiger partial charge is 0.388 e. The molecule has 2 aromatic heterocycles. The number of fused-ring (bicyclic) bond motifs is 1. The van der Waals surface area contributed by atoms with Crippen molar-refractivity contribution in [2.75, 3.05) is 31.7 Å². The van der Waals surface area contributed by atoms with Crippen molar-refractivity contribution in [1.82, 2.24) is 19.5 Å². The average Bonchev–Trinajstić information content (AvgIpc) is 3.52. The molecule has 2 aliphatic rings. The summed E-state index contributed by atoms with van der Waals surface area (Å²) in [4.78, 5) is 13.2. The second kappa shape index (κ2) is 8.48. The quantitative estimate of drug-likeness (QED) is 0.498. The summed E-state index contributed by atoms with van der Waals surface area (Å²) in [7, 11) is 0. The highest BCUT2D eigenvalue weighted by Crippen LogP contribution is 2.35. The van der Waals surface area contributed by atoms with E-state index in [0.717, 1.165) is 12.0 Å². The minimum atomic E-state index is -1.36. The van der Waals surface area contributed by atoms with Gasteiger partial charge in [-0.15, -0.1) is 0 Å². The Bertz CT molecular complexity index is 1030. The maximum absolute atomic E-state index is 10.9. The lowest BCUT2D eigenvalue weighted by Gasteiger charge is -2.33. The molecule has 10 nitrogen and oxygen atoms in total. The third kappa shape index (κ3) is 3.77. The van der Waals surface area contributed by atoms with Crippen molar-refractivity contribution in [3.63, 3.8) is 0 Å². The lowest BCUT2D eigenvalue weighted by atomic mass is 10.1. The van der Waals surface area contributed by atoms with Gasteiger partial charge in [-0.25, -0.2) is 15.0 Å². The van der Waals surface area contributed by atoms with Gasteiger partial charge in [0.25, 0.3) is 0 Å².